The van der Waals surface area contributed by atoms with Crippen LogP contribution in [0, 0.1) is 11.7 Å². The molecule has 0 saturated heterocycles. The van der Waals surface area contributed by atoms with E-state index in [1.807, 2.05) is 32.3 Å². The third kappa shape index (κ3) is 3.07. The van der Waals surface area contributed by atoms with Crippen LogP contribution in [0.25, 0.3) is 0 Å². The molecule has 0 fully saturated rings. The molecule has 1 aromatic rings. The van der Waals surface area contributed by atoms with Gasteiger partial charge in [-0.15, -0.1) is 0 Å². The Hall–Kier alpha value is -1.68. The van der Waals surface area contributed by atoms with Gasteiger partial charge in [-0.25, -0.2) is 4.39 Å². The molecule has 2 atom stereocenters. The van der Waals surface area contributed by atoms with Gasteiger partial charge >= 0.3 is 0 Å². The van der Waals surface area contributed by atoms with E-state index in [-0.39, 0.29) is 11.9 Å². The zero-order valence-corrected chi connectivity index (χ0v) is 12.4. The van der Waals surface area contributed by atoms with Crippen molar-refractivity contribution in [3.8, 4) is 0 Å². The van der Waals surface area contributed by atoms with Crippen molar-refractivity contribution in [3.63, 3.8) is 0 Å². The summed E-state index contributed by atoms with van der Waals surface area (Å²) in [5.41, 5.74) is 2.85. The molecule has 108 valence electrons. The second-order valence-electron chi connectivity index (χ2n) is 5.25. The van der Waals surface area contributed by atoms with Crippen molar-refractivity contribution in [2.45, 2.75) is 32.9 Å². The van der Waals surface area contributed by atoms with Crippen LogP contribution in [0.15, 0.2) is 35.6 Å². The highest BCUT2D eigenvalue weighted by Crippen LogP contribution is 2.20. The minimum absolute atomic E-state index is 0.126. The van der Waals surface area contributed by atoms with Crippen molar-refractivity contribution in [2.75, 3.05) is 7.05 Å². The molecule has 1 heterocycles. The minimum Gasteiger partial charge on any atom is -0.304 e. The molecule has 1 aromatic carbocycles. The fourth-order valence-electron chi connectivity index (χ4n) is 2.35. The maximum absolute atomic E-state index is 13.5. The van der Waals surface area contributed by atoms with Gasteiger partial charge in [-0.3, -0.25) is 5.01 Å². The molecule has 0 saturated carbocycles. The largest absolute Gasteiger partial charge is 0.304 e. The van der Waals surface area contributed by atoms with Crippen molar-refractivity contribution >= 4 is 6.21 Å². The highest BCUT2D eigenvalue weighted by Gasteiger charge is 2.23. The fraction of sp³-hybridized carbons (Fsp3) is 0.438. The van der Waals surface area contributed by atoms with Gasteiger partial charge in [0.2, 0.25) is 0 Å². The SMILES string of the molecule is C=C1C(C)C(NCc2ccc(F)c(CC)c2)C=NN1C. The van der Waals surface area contributed by atoms with Crippen molar-refractivity contribution in [2.24, 2.45) is 11.0 Å². The predicted molar refractivity (Wildman–Crippen MR) is 81.0 cm³/mol. The van der Waals surface area contributed by atoms with E-state index in [1.54, 1.807) is 11.1 Å². The van der Waals surface area contributed by atoms with Crippen LogP contribution in [0.2, 0.25) is 0 Å². The van der Waals surface area contributed by atoms with Crippen LogP contribution in [0.4, 0.5) is 4.39 Å². The van der Waals surface area contributed by atoms with E-state index in [0.29, 0.717) is 18.9 Å². The van der Waals surface area contributed by atoms with Gasteiger partial charge in [0.1, 0.15) is 5.82 Å². The van der Waals surface area contributed by atoms with E-state index in [9.17, 15) is 4.39 Å². The standard InChI is InChI=1S/C16H22FN3/c1-5-14-8-13(6-7-15(14)17)9-18-16-10-19-20(4)12(3)11(16)2/h6-8,10-11,16,18H,3,5,9H2,1-2,4H3. The summed E-state index contributed by atoms with van der Waals surface area (Å²) < 4.78 is 13.5. The average Bonchev–Trinajstić information content (AvgIpc) is 2.45. The third-order valence-corrected chi connectivity index (χ3v) is 3.91. The first kappa shape index (κ1) is 14.7. The van der Waals surface area contributed by atoms with Crippen molar-refractivity contribution < 1.29 is 4.39 Å². The molecular weight excluding hydrogens is 253 g/mol. The summed E-state index contributed by atoms with van der Waals surface area (Å²) in [6.07, 6.45) is 2.62. The first-order valence-corrected chi connectivity index (χ1v) is 7.00. The van der Waals surface area contributed by atoms with Crippen LogP contribution in [-0.2, 0) is 13.0 Å². The van der Waals surface area contributed by atoms with E-state index in [2.05, 4.69) is 23.9 Å². The molecule has 2 unspecified atom stereocenters. The zero-order valence-electron chi connectivity index (χ0n) is 12.4. The van der Waals surface area contributed by atoms with Gasteiger partial charge in [0.15, 0.2) is 0 Å². The molecule has 20 heavy (non-hydrogen) atoms. The molecule has 4 heteroatoms. The summed E-state index contributed by atoms with van der Waals surface area (Å²) in [5, 5.41) is 9.54. The molecule has 0 aliphatic carbocycles. The van der Waals surface area contributed by atoms with Crippen molar-refractivity contribution in [1.29, 1.82) is 0 Å². The average molecular weight is 275 g/mol. The number of benzene rings is 1. The summed E-state index contributed by atoms with van der Waals surface area (Å²) in [6.45, 7) is 8.84. The molecule has 0 radical (unpaired) electrons. The summed E-state index contributed by atoms with van der Waals surface area (Å²) >= 11 is 0. The summed E-state index contributed by atoms with van der Waals surface area (Å²) in [5.74, 6) is 0.169. The maximum Gasteiger partial charge on any atom is 0.126 e. The van der Waals surface area contributed by atoms with E-state index in [4.69, 9.17) is 0 Å². The van der Waals surface area contributed by atoms with Crippen LogP contribution >= 0.6 is 0 Å². The molecule has 0 bridgehead atoms. The molecule has 1 aliphatic heterocycles. The van der Waals surface area contributed by atoms with E-state index in [0.717, 1.165) is 16.8 Å². The number of hydrazone groups is 1. The molecule has 3 nitrogen and oxygen atoms in total. The van der Waals surface area contributed by atoms with Crippen LogP contribution in [0.3, 0.4) is 0 Å². The number of nitrogens with zero attached hydrogens (tertiary/aromatic N) is 2. The second kappa shape index (κ2) is 6.18. The quantitative estimate of drug-likeness (QED) is 0.915. The number of nitrogens with one attached hydrogen (secondary N) is 1. The Balaban J connectivity index is 2.02. The Morgan fingerprint density at radius 3 is 2.90 bits per heavy atom. The van der Waals surface area contributed by atoms with Crippen molar-refractivity contribution in [1.82, 2.24) is 10.3 Å². The lowest BCUT2D eigenvalue weighted by molar-refractivity contribution is 0.335. The van der Waals surface area contributed by atoms with Gasteiger partial charge in [0.25, 0.3) is 0 Å². The molecule has 1 N–H and O–H groups in total. The Morgan fingerprint density at radius 1 is 1.45 bits per heavy atom. The predicted octanol–water partition coefficient (Wildman–Crippen LogP) is 2.93. The lowest BCUT2D eigenvalue weighted by atomic mass is 9.98. The zero-order chi connectivity index (χ0) is 14.7. The van der Waals surface area contributed by atoms with Crippen LogP contribution in [-0.4, -0.2) is 24.3 Å². The van der Waals surface area contributed by atoms with Gasteiger partial charge in [-0.05, 0) is 23.6 Å². The third-order valence-electron chi connectivity index (χ3n) is 3.91. The molecule has 2 rings (SSSR count). The van der Waals surface area contributed by atoms with Gasteiger partial charge in [-0.1, -0.05) is 32.6 Å². The second-order valence-corrected chi connectivity index (χ2v) is 5.25. The van der Waals surface area contributed by atoms with Gasteiger partial charge in [0, 0.05) is 31.4 Å². The molecule has 0 amide bonds. The van der Waals surface area contributed by atoms with Gasteiger partial charge in [0.05, 0.1) is 6.04 Å². The summed E-state index contributed by atoms with van der Waals surface area (Å²) in [7, 11) is 1.90. The monoisotopic (exact) mass is 275 g/mol. The van der Waals surface area contributed by atoms with Crippen LogP contribution in [0.5, 0.6) is 0 Å². The number of rotatable bonds is 4. The van der Waals surface area contributed by atoms with E-state index < -0.39 is 0 Å². The first-order chi connectivity index (χ1) is 9.52. The van der Waals surface area contributed by atoms with E-state index >= 15 is 0 Å². The Labute approximate surface area is 120 Å². The normalized spacial score (nSPS) is 22.4. The van der Waals surface area contributed by atoms with Crippen LogP contribution < -0.4 is 5.32 Å². The summed E-state index contributed by atoms with van der Waals surface area (Å²) in [4.78, 5) is 0. The molecular formula is C16H22FN3. The highest BCUT2D eigenvalue weighted by molar-refractivity contribution is 5.66. The van der Waals surface area contributed by atoms with Crippen LogP contribution in [0.1, 0.15) is 25.0 Å². The first-order valence-electron chi connectivity index (χ1n) is 7.00. The van der Waals surface area contributed by atoms with Gasteiger partial charge < -0.3 is 5.32 Å². The lowest BCUT2D eigenvalue weighted by Gasteiger charge is -2.32. The smallest absolute Gasteiger partial charge is 0.126 e. The number of halogens is 1. The Kier molecular flexibility index (Phi) is 4.55. The molecule has 1 aliphatic rings. The fourth-order valence-corrected chi connectivity index (χ4v) is 2.35. The lowest BCUT2D eigenvalue weighted by Crippen LogP contribution is -2.42. The molecule has 0 spiro atoms. The molecule has 0 aromatic heterocycles. The Bertz CT molecular complexity index is 524. The number of hydrogen-bond donors (Lipinski definition) is 1. The maximum atomic E-state index is 13.5. The van der Waals surface area contributed by atoms with Crippen molar-refractivity contribution in [3.05, 3.63) is 47.4 Å². The topological polar surface area (TPSA) is 27.6 Å². The number of aryl methyl sites for hydroxylation is 1. The Morgan fingerprint density at radius 2 is 2.20 bits per heavy atom. The minimum atomic E-state index is -0.126. The summed E-state index contributed by atoms with van der Waals surface area (Å²) in [6, 6.07) is 5.45. The van der Waals surface area contributed by atoms with Gasteiger partial charge in [-0.2, -0.15) is 5.10 Å². The van der Waals surface area contributed by atoms with E-state index in [1.165, 1.54) is 0 Å². The number of hydrogen-bond acceptors (Lipinski definition) is 3. The highest BCUT2D eigenvalue weighted by atomic mass is 19.1.